The lowest BCUT2D eigenvalue weighted by molar-refractivity contribution is -0.139. The Morgan fingerprint density at radius 1 is 0.560 bits per heavy atom. The summed E-state index contributed by atoms with van der Waals surface area (Å²) in [6.07, 6.45) is 7.93. The number of rotatable bonds is 32. The van der Waals surface area contributed by atoms with Crippen molar-refractivity contribution in [3.63, 3.8) is 0 Å². The molecular weight excluding hydrogens is 634 g/mol. The van der Waals surface area contributed by atoms with Crippen LogP contribution in [-0.2, 0) is 24.0 Å². The number of unbranched alkanes of at least 4 members (excludes halogenated alkanes) is 4. The number of carbonyl (C=O) groups is 5. The van der Waals surface area contributed by atoms with Crippen molar-refractivity contribution < 1.29 is 24.0 Å². The molecule has 0 fully saturated rings. The lowest BCUT2D eigenvalue weighted by atomic mass is 9.70. The summed E-state index contributed by atoms with van der Waals surface area (Å²) in [4.78, 5) is 67.8. The van der Waals surface area contributed by atoms with Crippen LogP contribution in [0.25, 0.3) is 0 Å². The maximum Gasteiger partial charge on any atom is 0.223 e. The molecule has 3 unspecified atom stereocenters. The maximum absolute atomic E-state index is 14.1. The minimum atomic E-state index is -1.00. The van der Waals surface area contributed by atoms with Gasteiger partial charge in [0.25, 0.3) is 0 Å². The van der Waals surface area contributed by atoms with Crippen LogP contribution < -0.4 is 38.1 Å². The average Bonchev–Trinajstić information content (AvgIpc) is 3.07. The van der Waals surface area contributed by atoms with Gasteiger partial charge in [-0.05, 0) is 32.1 Å². The summed E-state index contributed by atoms with van der Waals surface area (Å²) in [6, 6.07) is 0. The highest BCUT2D eigenvalue weighted by molar-refractivity contribution is 5.92. The molecular formula is C38H75N7O5. The van der Waals surface area contributed by atoms with Crippen molar-refractivity contribution in [1.82, 2.24) is 26.6 Å². The van der Waals surface area contributed by atoms with Gasteiger partial charge in [-0.2, -0.15) is 0 Å². The lowest BCUT2D eigenvalue weighted by Crippen LogP contribution is -2.43. The highest BCUT2D eigenvalue weighted by Crippen LogP contribution is 2.37. The van der Waals surface area contributed by atoms with Crippen molar-refractivity contribution in [3.05, 3.63) is 0 Å². The maximum atomic E-state index is 14.1. The minimum absolute atomic E-state index is 0.0521. The monoisotopic (exact) mass is 710 g/mol. The predicted molar refractivity (Wildman–Crippen MR) is 203 cm³/mol. The molecule has 0 aromatic carbocycles. The molecule has 12 heteroatoms. The van der Waals surface area contributed by atoms with Crippen LogP contribution in [0.15, 0.2) is 0 Å². The second kappa shape index (κ2) is 27.3. The Labute approximate surface area is 303 Å². The summed E-state index contributed by atoms with van der Waals surface area (Å²) < 4.78 is 0. The van der Waals surface area contributed by atoms with E-state index in [0.29, 0.717) is 58.9 Å². The van der Waals surface area contributed by atoms with Gasteiger partial charge >= 0.3 is 0 Å². The highest BCUT2D eigenvalue weighted by atomic mass is 16.2. The molecule has 3 amide bonds. The number of nitrogens with one attached hydrogen (secondary N) is 5. The Bertz CT molecular complexity index is 989. The van der Waals surface area contributed by atoms with Crippen LogP contribution >= 0.6 is 0 Å². The normalized spacial score (nSPS) is 13.7. The molecule has 0 aromatic rings. The molecule has 0 aromatic heterocycles. The third kappa shape index (κ3) is 20.4. The van der Waals surface area contributed by atoms with Gasteiger partial charge in [-0.1, -0.05) is 80.6 Å². The van der Waals surface area contributed by atoms with Gasteiger partial charge in [0, 0.05) is 100 Å². The van der Waals surface area contributed by atoms with Crippen LogP contribution in [0.2, 0.25) is 0 Å². The van der Waals surface area contributed by atoms with E-state index >= 15 is 0 Å². The standard InChI is InChI=1S/C38H75N7O5/c1-8-11-13-14-15-29(10-3)34(48)38(6,7)28-30(35(49)45-24-22-42-20-17-40)25-32(46)37(4,5)27-31(36(50)44-18-12-9-2)26-33(47)43-23-21-41-19-16-39/h29-31,41-42H,8-28,39-40H2,1-7H3,(H,43,47)(H,44,50)(H,45,49). The number of Topliss-reactive ketones (excluding diaryl/α,β-unsaturated/α-hetero) is 2. The average molecular weight is 710 g/mol. The van der Waals surface area contributed by atoms with E-state index in [1.165, 1.54) is 0 Å². The van der Waals surface area contributed by atoms with Crippen LogP contribution in [0.3, 0.4) is 0 Å². The SMILES string of the molecule is CCCCCCC(CC)C(=O)C(C)(C)CC(CC(=O)C(C)(C)CC(CC(=O)NCCNCCN)C(=O)NCCCC)C(=O)NCCNCCN. The lowest BCUT2D eigenvalue weighted by Gasteiger charge is -2.33. The molecule has 0 heterocycles. The fourth-order valence-electron chi connectivity index (χ4n) is 6.34. The van der Waals surface area contributed by atoms with Gasteiger partial charge in [-0.3, -0.25) is 24.0 Å². The molecule has 0 saturated heterocycles. The molecule has 0 radical (unpaired) electrons. The third-order valence-electron chi connectivity index (χ3n) is 9.51. The van der Waals surface area contributed by atoms with Crippen LogP contribution in [-0.4, -0.2) is 88.2 Å². The van der Waals surface area contributed by atoms with E-state index in [1.807, 2.05) is 27.7 Å². The van der Waals surface area contributed by atoms with Gasteiger partial charge in [-0.25, -0.2) is 0 Å². The van der Waals surface area contributed by atoms with Crippen molar-refractivity contribution in [2.24, 2.45) is 40.1 Å². The van der Waals surface area contributed by atoms with Gasteiger partial charge in [-0.15, -0.1) is 0 Å². The molecule has 0 spiro atoms. The third-order valence-corrected chi connectivity index (χ3v) is 9.51. The predicted octanol–water partition coefficient (Wildman–Crippen LogP) is 3.21. The molecule has 50 heavy (non-hydrogen) atoms. The summed E-state index contributed by atoms with van der Waals surface area (Å²) in [6.45, 7) is 18.2. The van der Waals surface area contributed by atoms with Gasteiger partial charge in [0.2, 0.25) is 17.7 Å². The molecule has 12 nitrogen and oxygen atoms in total. The van der Waals surface area contributed by atoms with Crippen LogP contribution in [0, 0.1) is 28.6 Å². The van der Waals surface area contributed by atoms with Gasteiger partial charge in [0.15, 0.2) is 0 Å². The smallest absolute Gasteiger partial charge is 0.223 e. The Morgan fingerprint density at radius 3 is 1.62 bits per heavy atom. The van der Waals surface area contributed by atoms with E-state index in [9.17, 15) is 24.0 Å². The zero-order valence-electron chi connectivity index (χ0n) is 32.8. The zero-order chi connectivity index (χ0) is 38.0. The second-order valence-electron chi connectivity index (χ2n) is 15.1. The number of ketones is 2. The summed E-state index contributed by atoms with van der Waals surface area (Å²) in [5, 5.41) is 15.0. The summed E-state index contributed by atoms with van der Waals surface area (Å²) in [5.41, 5.74) is 9.26. The molecule has 0 aliphatic rings. The van der Waals surface area contributed by atoms with E-state index in [2.05, 4.69) is 33.5 Å². The Balaban J connectivity index is 5.99. The first kappa shape index (κ1) is 47.6. The zero-order valence-corrected chi connectivity index (χ0v) is 32.8. The summed E-state index contributed by atoms with van der Waals surface area (Å²) >= 11 is 0. The van der Waals surface area contributed by atoms with Crippen LogP contribution in [0.5, 0.6) is 0 Å². The van der Waals surface area contributed by atoms with Crippen molar-refractivity contribution in [3.8, 4) is 0 Å². The van der Waals surface area contributed by atoms with Crippen molar-refractivity contribution in [2.75, 3.05) is 58.9 Å². The van der Waals surface area contributed by atoms with E-state index in [1.54, 1.807) is 13.8 Å². The summed E-state index contributed by atoms with van der Waals surface area (Å²) in [7, 11) is 0. The number of amides is 3. The molecule has 0 aliphatic carbocycles. The van der Waals surface area contributed by atoms with Gasteiger partial charge < -0.3 is 38.1 Å². The first-order valence-electron chi connectivity index (χ1n) is 19.4. The van der Waals surface area contributed by atoms with Crippen molar-refractivity contribution in [2.45, 2.75) is 126 Å². The Morgan fingerprint density at radius 2 is 1.08 bits per heavy atom. The Hall–Kier alpha value is -2.41. The first-order chi connectivity index (χ1) is 23.7. The fourth-order valence-corrected chi connectivity index (χ4v) is 6.34. The van der Waals surface area contributed by atoms with Gasteiger partial charge in [0.05, 0.1) is 0 Å². The number of carbonyl (C=O) groups excluding carboxylic acids is 5. The topological polar surface area (TPSA) is 198 Å². The number of nitrogens with two attached hydrogens (primary N) is 2. The molecule has 0 saturated carbocycles. The second-order valence-corrected chi connectivity index (χ2v) is 15.1. The molecule has 3 atom stereocenters. The van der Waals surface area contributed by atoms with E-state index in [0.717, 1.165) is 51.4 Å². The molecule has 0 bridgehead atoms. The Kier molecular flexibility index (Phi) is 26.0. The number of hydrogen-bond acceptors (Lipinski definition) is 9. The fraction of sp³-hybridized carbons (Fsp3) is 0.868. The largest absolute Gasteiger partial charge is 0.356 e. The molecule has 0 rings (SSSR count). The van der Waals surface area contributed by atoms with E-state index in [-0.39, 0.29) is 60.9 Å². The highest BCUT2D eigenvalue weighted by Gasteiger charge is 2.41. The van der Waals surface area contributed by atoms with Gasteiger partial charge in [0.1, 0.15) is 11.6 Å². The van der Waals surface area contributed by atoms with E-state index < -0.39 is 22.7 Å². The molecule has 292 valence electrons. The number of hydrogen-bond donors (Lipinski definition) is 7. The quantitative estimate of drug-likeness (QED) is 0.0513. The van der Waals surface area contributed by atoms with Crippen molar-refractivity contribution >= 4 is 29.3 Å². The van der Waals surface area contributed by atoms with Crippen LogP contribution in [0.4, 0.5) is 0 Å². The van der Waals surface area contributed by atoms with E-state index in [4.69, 9.17) is 11.5 Å². The minimum Gasteiger partial charge on any atom is -0.356 e. The van der Waals surface area contributed by atoms with Crippen LogP contribution in [0.1, 0.15) is 126 Å². The summed E-state index contributed by atoms with van der Waals surface area (Å²) in [5.74, 6) is -2.37. The van der Waals surface area contributed by atoms with Crippen molar-refractivity contribution in [1.29, 1.82) is 0 Å². The first-order valence-corrected chi connectivity index (χ1v) is 19.4. The molecule has 9 N–H and O–H groups in total. The molecule has 0 aliphatic heterocycles.